The van der Waals surface area contributed by atoms with Crippen LogP contribution in [-0.4, -0.2) is 12.7 Å². The maximum absolute atomic E-state index is 12.7. The molecular formula is C16H10F6O2S. The van der Waals surface area contributed by atoms with Crippen LogP contribution < -0.4 is 9.47 Å². The van der Waals surface area contributed by atoms with Gasteiger partial charge in [-0.2, -0.15) is 0 Å². The van der Waals surface area contributed by atoms with Crippen LogP contribution >= 0.6 is 11.3 Å². The van der Waals surface area contributed by atoms with Gasteiger partial charge in [-0.3, -0.25) is 0 Å². The summed E-state index contributed by atoms with van der Waals surface area (Å²) in [7, 11) is 0. The fourth-order valence-corrected chi connectivity index (χ4v) is 3.91. The van der Waals surface area contributed by atoms with E-state index in [1.54, 1.807) is 12.1 Å². The second-order valence-electron chi connectivity index (χ2n) is 5.37. The van der Waals surface area contributed by atoms with Crippen LogP contribution in [0.25, 0.3) is 20.2 Å². The van der Waals surface area contributed by atoms with Gasteiger partial charge in [0.25, 0.3) is 0 Å². The van der Waals surface area contributed by atoms with Crippen molar-refractivity contribution in [2.24, 2.45) is 0 Å². The minimum Gasteiger partial charge on any atom is -0.404 e. The first kappa shape index (κ1) is 17.7. The van der Waals surface area contributed by atoms with E-state index in [2.05, 4.69) is 9.47 Å². The van der Waals surface area contributed by atoms with E-state index >= 15 is 0 Å². The number of hydrogen-bond acceptors (Lipinski definition) is 3. The summed E-state index contributed by atoms with van der Waals surface area (Å²) < 4.78 is 84.5. The van der Waals surface area contributed by atoms with Crippen LogP contribution in [0.4, 0.5) is 26.3 Å². The molecule has 0 N–H and O–H groups in total. The summed E-state index contributed by atoms with van der Waals surface area (Å²) in [5.74, 6) is -0.830. The van der Waals surface area contributed by atoms with Crippen molar-refractivity contribution < 1.29 is 35.8 Å². The van der Waals surface area contributed by atoms with Crippen LogP contribution in [0, 0.1) is 13.8 Å². The third-order valence-corrected chi connectivity index (χ3v) is 4.77. The molecule has 2 nitrogen and oxygen atoms in total. The Kier molecular flexibility index (Phi) is 4.02. The monoisotopic (exact) mass is 380 g/mol. The molecule has 9 heteroatoms. The van der Waals surface area contributed by atoms with Crippen LogP contribution in [-0.2, 0) is 0 Å². The van der Waals surface area contributed by atoms with Gasteiger partial charge in [-0.25, -0.2) is 0 Å². The summed E-state index contributed by atoms with van der Waals surface area (Å²) in [5, 5.41) is 0.744. The number of fused-ring (bicyclic) bond motifs is 3. The van der Waals surface area contributed by atoms with Gasteiger partial charge in [0, 0.05) is 10.8 Å². The highest BCUT2D eigenvalue weighted by atomic mass is 32.1. The molecule has 1 heterocycles. The van der Waals surface area contributed by atoms with E-state index in [4.69, 9.17) is 0 Å². The van der Waals surface area contributed by atoms with Crippen LogP contribution in [0.5, 0.6) is 11.5 Å². The predicted molar refractivity (Wildman–Crippen MR) is 82.2 cm³/mol. The lowest BCUT2D eigenvalue weighted by atomic mass is 10.1. The van der Waals surface area contributed by atoms with Gasteiger partial charge in [-0.05, 0) is 25.0 Å². The van der Waals surface area contributed by atoms with Crippen LogP contribution in [0.15, 0.2) is 24.3 Å². The molecule has 2 aromatic carbocycles. The first-order chi connectivity index (χ1) is 11.5. The van der Waals surface area contributed by atoms with Crippen molar-refractivity contribution in [1.82, 2.24) is 0 Å². The Morgan fingerprint density at radius 2 is 1.04 bits per heavy atom. The van der Waals surface area contributed by atoms with E-state index in [1.165, 1.54) is 26.0 Å². The Hall–Kier alpha value is -2.16. The van der Waals surface area contributed by atoms with Crippen molar-refractivity contribution in [3.63, 3.8) is 0 Å². The molecule has 0 spiro atoms. The number of ether oxygens (including phenoxy) is 2. The molecule has 0 aliphatic rings. The van der Waals surface area contributed by atoms with Crippen LogP contribution in [0.3, 0.4) is 0 Å². The summed E-state index contributed by atoms with van der Waals surface area (Å²) in [5.41, 5.74) is 0.456. The van der Waals surface area contributed by atoms with Crippen molar-refractivity contribution in [2.45, 2.75) is 26.6 Å². The molecular weight excluding hydrogens is 370 g/mol. The standard InChI is InChI=1S/C16H10F6O2S/c1-7-3-5-9-10-6-4-8(2)12(24-16(20,21)22)14(10)25-13(9)11(7)23-15(17,18)19/h3-6H,1-2H3. The topological polar surface area (TPSA) is 18.5 Å². The lowest BCUT2D eigenvalue weighted by molar-refractivity contribution is -0.275. The zero-order valence-electron chi connectivity index (χ0n) is 12.8. The van der Waals surface area contributed by atoms with Gasteiger partial charge < -0.3 is 9.47 Å². The minimum absolute atomic E-state index is 0.116. The fourth-order valence-electron chi connectivity index (χ4n) is 2.54. The molecule has 1 aromatic heterocycles. The molecule has 25 heavy (non-hydrogen) atoms. The van der Waals surface area contributed by atoms with Gasteiger partial charge >= 0.3 is 12.7 Å². The van der Waals surface area contributed by atoms with Gasteiger partial charge in [0.1, 0.15) is 11.5 Å². The van der Waals surface area contributed by atoms with E-state index in [0.29, 0.717) is 10.8 Å². The van der Waals surface area contributed by atoms with Crippen molar-refractivity contribution in [1.29, 1.82) is 0 Å². The summed E-state index contributed by atoms with van der Waals surface area (Å²) in [6.45, 7) is 2.87. The Labute approximate surface area is 141 Å². The third-order valence-electron chi connectivity index (χ3n) is 3.55. The average molecular weight is 380 g/mol. The second-order valence-corrected chi connectivity index (χ2v) is 6.39. The van der Waals surface area contributed by atoms with Gasteiger partial charge in [-0.15, -0.1) is 37.7 Å². The Morgan fingerprint density at radius 3 is 1.36 bits per heavy atom. The van der Waals surface area contributed by atoms with Crippen molar-refractivity contribution in [3.8, 4) is 11.5 Å². The number of hydrogen-bond donors (Lipinski definition) is 0. The molecule has 3 aromatic rings. The lowest BCUT2D eigenvalue weighted by Gasteiger charge is -2.12. The number of rotatable bonds is 2. The Balaban J connectivity index is 2.32. The molecule has 0 bridgehead atoms. The molecule has 0 unspecified atom stereocenters. The smallest absolute Gasteiger partial charge is 0.404 e. The van der Waals surface area contributed by atoms with Crippen molar-refractivity contribution in [3.05, 3.63) is 35.4 Å². The molecule has 0 fully saturated rings. The molecule has 0 saturated carbocycles. The maximum atomic E-state index is 12.7. The van der Waals surface area contributed by atoms with E-state index in [9.17, 15) is 26.3 Å². The number of aryl methyl sites for hydroxylation is 2. The van der Waals surface area contributed by atoms with E-state index in [1.807, 2.05) is 0 Å². The molecule has 0 atom stereocenters. The number of benzene rings is 2. The van der Waals surface area contributed by atoms with E-state index in [-0.39, 0.29) is 20.5 Å². The third kappa shape index (κ3) is 3.46. The maximum Gasteiger partial charge on any atom is 0.573 e. The lowest BCUT2D eigenvalue weighted by Crippen LogP contribution is -2.17. The highest BCUT2D eigenvalue weighted by molar-refractivity contribution is 7.26. The fraction of sp³-hybridized carbons (Fsp3) is 0.250. The van der Waals surface area contributed by atoms with E-state index < -0.39 is 24.2 Å². The van der Waals surface area contributed by atoms with Gasteiger partial charge in [0.15, 0.2) is 0 Å². The minimum atomic E-state index is -4.91. The normalized spacial score (nSPS) is 12.8. The second kappa shape index (κ2) is 5.69. The molecule has 0 aliphatic heterocycles. The van der Waals surface area contributed by atoms with Crippen LogP contribution in [0.2, 0.25) is 0 Å². The van der Waals surface area contributed by atoms with Gasteiger partial charge in [0.05, 0.1) is 9.40 Å². The highest BCUT2D eigenvalue weighted by Gasteiger charge is 2.35. The largest absolute Gasteiger partial charge is 0.573 e. The molecule has 3 rings (SSSR count). The Bertz CT molecular complexity index is 879. The van der Waals surface area contributed by atoms with Crippen molar-refractivity contribution >= 4 is 31.5 Å². The van der Waals surface area contributed by atoms with Gasteiger partial charge in [-0.1, -0.05) is 24.3 Å². The first-order valence-electron chi connectivity index (χ1n) is 6.93. The molecule has 0 radical (unpaired) electrons. The SMILES string of the molecule is Cc1ccc2c(sc3c(OC(F)(F)F)c(C)ccc32)c1OC(F)(F)F. The highest BCUT2D eigenvalue weighted by Crippen LogP contribution is 2.47. The van der Waals surface area contributed by atoms with Crippen LogP contribution in [0.1, 0.15) is 11.1 Å². The zero-order valence-corrected chi connectivity index (χ0v) is 13.6. The molecule has 0 amide bonds. The van der Waals surface area contributed by atoms with Gasteiger partial charge in [0.2, 0.25) is 0 Å². The Morgan fingerprint density at radius 1 is 0.680 bits per heavy atom. The summed E-state index contributed by atoms with van der Waals surface area (Å²) in [6, 6.07) is 5.97. The quantitative estimate of drug-likeness (QED) is 0.475. The summed E-state index contributed by atoms with van der Waals surface area (Å²) >= 11 is 0.775. The number of alkyl halides is 6. The zero-order chi connectivity index (χ0) is 18.6. The van der Waals surface area contributed by atoms with Crippen molar-refractivity contribution in [2.75, 3.05) is 0 Å². The number of thiophene rings is 1. The number of halogens is 6. The molecule has 0 aliphatic carbocycles. The molecule has 134 valence electrons. The summed E-state index contributed by atoms with van der Waals surface area (Å²) in [4.78, 5) is 0. The predicted octanol–water partition coefficient (Wildman–Crippen LogP) is 6.47. The van der Waals surface area contributed by atoms with E-state index in [0.717, 1.165) is 11.3 Å². The first-order valence-corrected chi connectivity index (χ1v) is 7.75. The molecule has 0 saturated heterocycles. The summed E-state index contributed by atoms with van der Waals surface area (Å²) in [6.07, 6.45) is -9.81. The average Bonchev–Trinajstić information content (AvgIpc) is 2.82.